The maximum absolute atomic E-state index is 12.8. The van der Waals surface area contributed by atoms with Crippen molar-refractivity contribution in [2.75, 3.05) is 16.8 Å². The Balaban J connectivity index is 1.74. The maximum atomic E-state index is 12.8. The second-order valence-corrected chi connectivity index (χ2v) is 7.20. The number of nitrogens with one attached hydrogen (secondary N) is 1. The Morgan fingerprint density at radius 3 is 2.55 bits per heavy atom. The summed E-state index contributed by atoms with van der Waals surface area (Å²) in [7, 11) is 0. The van der Waals surface area contributed by atoms with Gasteiger partial charge < -0.3 is 15.2 Å². The Bertz CT molecular complexity index is 977. The molecule has 0 aliphatic carbocycles. The lowest BCUT2D eigenvalue weighted by molar-refractivity contribution is -0.121. The summed E-state index contributed by atoms with van der Waals surface area (Å²) < 4.78 is 5.49. The number of carbonyl (C=O) groups excluding carboxylic acids is 3. The molecule has 0 saturated carbocycles. The SMILES string of the molecule is CCOc1ccccc1N1C(=O)SC(CC(=O)Nc2ccccc2C(=O)O)C1=O. The molecule has 1 fully saturated rings. The van der Waals surface area contributed by atoms with Gasteiger partial charge in [-0.3, -0.25) is 14.4 Å². The van der Waals surface area contributed by atoms with E-state index in [4.69, 9.17) is 4.74 Å². The standard InChI is InChI=1S/C20H18N2O6S/c1-2-28-15-10-6-5-9-14(15)22-18(24)16(29-20(22)27)11-17(23)21-13-8-4-3-7-12(13)19(25)26/h3-10,16H,2,11H2,1H3,(H,21,23)(H,25,26). The molecule has 2 aromatic rings. The smallest absolute Gasteiger partial charge is 0.337 e. The van der Waals surface area contributed by atoms with Gasteiger partial charge in [0.2, 0.25) is 11.8 Å². The van der Waals surface area contributed by atoms with Gasteiger partial charge in [0.15, 0.2) is 0 Å². The number of ether oxygens (including phenoxy) is 1. The lowest BCUT2D eigenvalue weighted by Crippen LogP contribution is -2.33. The minimum Gasteiger partial charge on any atom is -0.492 e. The molecular weight excluding hydrogens is 396 g/mol. The van der Waals surface area contributed by atoms with Crippen molar-refractivity contribution in [3.05, 3.63) is 54.1 Å². The van der Waals surface area contributed by atoms with Crippen molar-refractivity contribution in [2.24, 2.45) is 0 Å². The fourth-order valence-electron chi connectivity index (χ4n) is 2.87. The number of para-hydroxylation sites is 3. The summed E-state index contributed by atoms with van der Waals surface area (Å²) in [4.78, 5) is 49.9. The molecule has 150 valence electrons. The van der Waals surface area contributed by atoms with Crippen LogP contribution in [-0.2, 0) is 9.59 Å². The number of amides is 3. The third kappa shape index (κ3) is 4.40. The number of carbonyl (C=O) groups is 4. The molecule has 1 unspecified atom stereocenters. The highest BCUT2D eigenvalue weighted by atomic mass is 32.2. The molecule has 0 bridgehead atoms. The van der Waals surface area contributed by atoms with E-state index < -0.39 is 28.3 Å². The first kappa shape index (κ1) is 20.4. The van der Waals surface area contributed by atoms with Crippen molar-refractivity contribution in [3.63, 3.8) is 0 Å². The van der Waals surface area contributed by atoms with Gasteiger partial charge in [0, 0.05) is 6.42 Å². The van der Waals surface area contributed by atoms with Crippen molar-refractivity contribution < 1.29 is 29.0 Å². The lowest BCUT2D eigenvalue weighted by Gasteiger charge is -2.17. The zero-order valence-electron chi connectivity index (χ0n) is 15.5. The van der Waals surface area contributed by atoms with Crippen LogP contribution in [0.3, 0.4) is 0 Å². The topological polar surface area (TPSA) is 113 Å². The van der Waals surface area contributed by atoms with Gasteiger partial charge in [-0.1, -0.05) is 24.3 Å². The van der Waals surface area contributed by atoms with E-state index >= 15 is 0 Å². The van der Waals surface area contributed by atoms with E-state index in [1.807, 2.05) is 0 Å². The molecule has 29 heavy (non-hydrogen) atoms. The molecular formula is C20H18N2O6S. The van der Waals surface area contributed by atoms with Gasteiger partial charge in [0.25, 0.3) is 5.24 Å². The Morgan fingerprint density at radius 1 is 1.14 bits per heavy atom. The van der Waals surface area contributed by atoms with Crippen LogP contribution in [0, 0.1) is 0 Å². The van der Waals surface area contributed by atoms with E-state index in [0.717, 1.165) is 16.7 Å². The van der Waals surface area contributed by atoms with Crippen molar-refractivity contribution in [1.82, 2.24) is 0 Å². The number of nitrogens with zero attached hydrogens (tertiary/aromatic N) is 1. The molecule has 3 rings (SSSR count). The fourth-order valence-corrected chi connectivity index (χ4v) is 3.85. The fraction of sp³-hybridized carbons (Fsp3) is 0.200. The molecule has 1 atom stereocenters. The number of imide groups is 1. The van der Waals surface area contributed by atoms with Crippen LogP contribution in [0.5, 0.6) is 5.75 Å². The third-order valence-electron chi connectivity index (χ3n) is 4.13. The summed E-state index contributed by atoms with van der Waals surface area (Å²) >= 11 is 0.758. The van der Waals surface area contributed by atoms with Gasteiger partial charge in [-0.2, -0.15) is 0 Å². The van der Waals surface area contributed by atoms with E-state index in [2.05, 4.69) is 5.32 Å². The van der Waals surface area contributed by atoms with Gasteiger partial charge in [0.1, 0.15) is 11.0 Å². The molecule has 1 heterocycles. The summed E-state index contributed by atoms with van der Waals surface area (Å²) in [5.74, 6) is -1.86. The number of carboxylic acid groups (broad SMARTS) is 1. The van der Waals surface area contributed by atoms with Crippen LogP contribution in [0.2, 0.25) is 0 Å². The van der Waals surface area contributed by atoms with Crippen LogP contribution in [0.4, 0.5) is 16.2 Å². The number of anilines is 2. The molecule has 3 amide bonds. The zero-order valence-corrected chi connectivity index (χ0v) is 16.3. The maximum Gasteiger partial charge on any atom is 0.337 e. The third-order valence-corrected chi connectivity index (χ3v) is 5.17. The van der Waals surface area contributed by atoms with Crippen molar-refractivity contribution in [2.45, 2.75) is 18.6 Å². The monoisotopic (exact) mass is 414 g/mol. The number of aromatic carboxylic acids is 1. The van der Waals surface area contributed by atoms with E-state index in [1.165, 1.54) is 12.1 Å². The molecule has 1 saturated heterocycles. The molecule has 1 aliphatic heterocycles. The van der Waals surface area contributed by atoms with Gasteiger partial charge in [-0.05, 0) is 43.0 Å². The average Bonchev–Trinajstić information content (AvgIpc) is 2.96. The van der Waals surface area contributed by atoms with Crippen LogP contribution < -0.4 is 15.0 Å². The molecule has 0 aromatic heterocycles. The molecule has 8 nitrogen and oxygen atoms in total. The summed E-state index contributed by atoms with van der Waals surface area (Å²) in [5.41, 5.74) is 0.399. The number of hydrogen-bond donors (Lipinski definition) is 2. The Kier molecular flexibility index (Phi) is 6.18. The van der Waals surface area contributed by atoms with Crippen molar-refractivity contribution in [1.29, 1.82) is 0 Å². The Hall–Kier alpha value is -3.33. The van der Waals surface area contributed by atoms with E-state index in [0.29, 0.717) is 18.0 Å². The van der Waals surface area contributed by atoms with Crippen molar-refractivity contribution in [3.8, 4) is 5.75 Å². The predicted molar refractivity (Wildman–Crippen MR) is 109 cm³/mol. The predicted octanol–water partition coefficient (Wildman–Crippen LogP) is 3.38. The highest BCUT2D eigenvalue weighted by Gasteiger charge is 2.42. The van der Waals surface area contributed by atoms with Crippen LogP contribution in [-0.4, -0.2) is 40.0 Å². The number of benzene rings is 2. The summed E-state index contributed by atoms with van der Waals surface area (Å²) in [5, 5.41) is 10.3. The van der Waals surface area contributed by atoms with E-state index in [9.17, 15) is 24.3 Å². The molecule has 1 aliphatic rings. The molecule has 2 aromatic carbocycles. The Morgan fingerprint density at radius 2 is 1.83 bits per heavy atom. The van der Waals surface area contributed by atoms with Gasteiger partial charge in [0.05, 0.1) is 23.5 Å². The average molecular weight is 414 g/mol. The lowest BCUT2D eigenvalue weighted by atomic mass is 10.1. The first-order chi connectivity index (χ1) is 13.9. The highest BCUT2D eigenvalue weighted by Crippen LogP contribution is 2.38. The number of rotatable bonds is 7. The number of hydrogen-bond acceptors (Lipinski definition) is 6. The van der Waals surface area contributed by atoms with E-state index in [1.54, 1.807) is 43.3 Å². The molecule has 0 spiro atoms. The normalized spacial score (nSPS) is 16.0. The Labute approximate surface area is 170 Å². The number of thioether (sulfide) groups is 1. The van der Waals surface area contributed by atoms with Crippen LogP contribution in [0.1, 0.15) is 23.7 Å². The summed E-state index contributed by atoms with van der Waals surface area (Å²) in [6.07, 6.45) is -0.267. The van der Waals surface area contributed by atoms with Crippen LogP contribution in [0.25, 0.3) is 0 Å². The second-order valence-electron chi connectivity index (χ2n) is 6.05. The van der Waals surface area contributed by atoms with Gasteiger partial charge in [-0.25, -0.2) is 9.69 Å². The highest BCUT2D eigenvalue weighted by molar-refractivity contribution is 8.15. The minimum absolute atomic E-state index is 0.0606. The number of carboxylic acids is 1. The minimum atomic E-state index is -1.18. The summed E-state index contributed by atoms with van der Waals surface area (Å²) in [6.45, 7) is 2.16. The molecule has 2 N–H and O–H groups in total. The quantitative estimate of drug-likeness (QED) is 0.714. The van der Waals surface area contributed by atoms with Gasteiger partial charge in [-0.15, -0.1) is 0 Å². The largest absolute Gasteiger partial charge is 0.492 e. The van der Waals surface area contributed by atoms with Crippen LogP contribution in [0.15, 0.2) is 48.5 Å². The first-order valence-corrected chi connectivity index (χ1v) is 9.69. The van der Waals surface area contributed by atoms with E-state index in [-0.39, 0.29) is 17.7 Å². The zero-order chi connectivity index (χ0) is 21.0. The summed E-state index contributed by atoms with van der Waals surface area (Å²) in [6, 6.07) is 12.6. The second kappa shape index (κ2) is 8.78. The first-order valence-electron chi connectivity index (χ1n) is 8.81. The van der Waals surface area contributed by atoms with Crippen molar-refractivity contribution >= 4 is 46.2 Å². The molecule has 0 radical (unpaired) electrons. The molecule has 9 heteroatoms. The van der Waals surface area contributed by atoms with Gasteiger partial charge >= 0.3 is 5.97 Å². The van der Waals surface area contributed by atoms with Crippen LogP contribution >= 0.6 is 11.8 Å².